The van der Waals surface area contributed by atoms with Crippen molar-refractivity contribution in [2.24, 2.45) is 0 Å². The van der Waals surface area contributed by atoms with E-state index >= 15 is 0 Å². The lowest BCUT2D eigenvalue weighted by atomic mass is 10.0. The molecule has 0 bridgehead atoms. The zero-order valence-electron chi connectivity index (χ0n) is 16.8. The maximum atomic E-state index is 10.5. The van der Waals surface area contributed by atoms with Crippen LogP contribution in [0.3, 0.4) is 0 Å². The molecule has 0 spiro atoms. The zero-order valence-corrected chi connectivity index (χ0v) is 16.8. The van der Waals surface area contributed by atoms with Gasteiger partial charge in [0.25, 0.3) is 0 Å². The topological polar surface area (TPSA) is 35.9 Å². The first-order chi connectivity index (χ1) is 13.0. The molecule has 1 atom stereocenters. The van der Waals surface area contributed by atoms with Crippen molar-refractivity contribution in [1.29, 1.82) is 0 Å². The number of nitrogens with zero attached hydrogens (tertiary/aromatic N) is 2. The molecule has 1 saturated heterocycles. The average Bonchev–Trinajstić information content (AvgIpc) is 2.67. The maximum Gasteiger partial charge on any atom is 0.123 e. The fourth-order valence-electron chi connectivity index (χ4n) is 3.61. The van der Waals surface area contributed by atoms with Crippen molar-refractivity contribution in [3.63, 3.8) is 0 Å². The highest BCUT2D eigenvalue weighted by atomic mass is 16.5. The minimum Gasteiger partial charge on any atom is -0.491 e. The van der Waals surface area contributed by atoms with Gasteiger partial charge in [-0.1, -0.05) is 44.2 Å². The molecule has 0 aromatic heterocycles. The molecule has 0 saturated carbocycles. The van der Waals surface area contributed by atoms with E-state index in [-0.39, 0.29) is 0 Å². The highest BCUT2D eigenvalue weighted by Gasteiger charge is 2.20. The number of aliphatic hydroxyl groups is 1. The molecular weight excluding hydrogens is 336 g/mol. The molecule has 27 heavy (non-hydrogen) atoms. The molecule has 1 N–H and O–H groups in total. The van der Waals surface area contributed by atoms with Crippen LogP contribution < -0.4 is 9.64 Å². The third kappa shape index (κ3) is 5.47. The molecule has 4 nitrogen and oxygen atoms in total. The molecule has 1 aliphatic rings. The van der Waals surface area contributed by atoms with Gasteiger partial charge in [-0.15, -0.1) is 0 Å². The van der Waals surface area contributed by atoms with Crippen molar-refractivity contribution in [3.8, 4) is 5.75 Å². The summed E-state index contributed by atoms with van der Waals surface area (Å²) in [6.45, 7) is 11.3. The van der Waals surface area contributed by atoms with Gasteiger partial charge in [0.2, 0.25) is 0 Å². The van der Waals surface area contributed by atoms with Gasteiger partial charge in [0.15, 0.2) is 0 Å². The molecule has 2 aromatic rings. The monoisotopic (exact) mass is 368 g/mol. The number of rotatable bonds is 7. The van der Waals surface area contributed by atoms with Gasteiger partial charge in [-0.05, 0) is 42.2 Å². The van der Waals surface area contributed by atoms with Gasteiger partial charge >= 0.3 is 0 Å². The molecule has 4 heteroatoms. The normalized spacial score (nSPS) is 16.6. The first-order valence-electron chi connectivity index (χ1n) is 9.96. The molecule has 1 aliphatic heterocycles. The predicted molar refractivity (Wildman–Crippen MR) is 112 cm³/mol. The molecule has 1 fully saturated rings. The number of hydrogen-bond donors (Lipinski definition) is 1. The Bertz CT molecular complexity index is 710. The Morgan fingerprint density at radius 1 is 1.00 bits per heavy atom. The summed E-state index contributed by atoms with van der Waals surface area (Å²) in [5.41, 5.74) is 3.66. The fraction of sp³-hybridized carbons (Fsp3) is 0.478. The number of para-hydroxylation sites is 1. The van der Waals surface area contributed by atoms with Crippen molar-refractivity contribution in [1.82, 2.24) is 4.90 Å². The summed E-state index contributed by atoms with van der Waals surface area (Å²) < 4.78 is 5.99. The van der Waals surface area contributed by atoms with Crippen LogP contribution in [-0.2, 0) is 0 Å². The molecule has 0 amide bonds. The van der Waals surface area contributed by atoms with Crippen molar-refractivity contribution < 1.29 is 9.84 Å². The van der Waals surface area contributed by atoms with Gasteiger partial charge < -0.3 is 14.7 Å². The second-order valence-electron chi connectivity index (χ2n) is 7.78. The van der Waals surface area contributed by atoms with Crippen LogP contribution in [0.2, 0.25) is 0 Å². The summed E-state index contributed by atoms with van der Waals surface area (Å²) in [6, 6.07) is 16.9. The van der Waals surface area contributed by atoms with Gasteiger partial charge in [-0.25, -0.2) is 0 Å². The molecule has 0 radical (unpaired) electrons. The molecule has 146 valence electrons. The predicted octanol–water partition coefficient (Wildman–Crippen LogP) is 3.68. The molecule has 1 unspecified atom stereocenters. The number of piperazine rings is 1. The number of hydrogen-bond acceptors (Lipinski definition) is 4. The summed E-state index contributed by atoms with van der Waals surface area (Å²) in [7, 11) is 0. The lowest BCUT2D eigenvalue weighted by Crippen LogP contribution is -2.49. The van der Waals surface area contributed by atoms with E-state index in [9.17, 15) is 5.11 Å². The van der Waals surface area contributed by atoms with Gasteiger partial charge in [0, 0.05) is 38.4 Å². The van der Waals surface area contributed by atoms with Crippen LogP contribution in [0, 0.1) is 6.92 Å². The SMILES string of the molecule is Cc1ccc(C(C)C)c(OCC(O)CN2CCN(c3ccccc3)CC2)c1. The van der Waals surface area contributed by atoms with Crippen LogP contribution in [0.5, 0.6) is 5.75 Å². The van der Waals surface area contributed by atoms with E-state index in [0.717, 1.165) is 31.9 Å². The Morgan fingerprint density at radius 2 is 1.70 bits per heavy atom. The zero-order chi connectivity index (χ0) is 19.2. The van der Waals surface area contributed by atoms with Gasteiger partial charge in [-0.3, -0.25) is 4.90 Å². The Kier molecular flexibility index (Phi) is 6.75. The maximum absolute atomic E-state index is 10.5. The number of β-amino-alcohol motifs (C(OH)–C–C–N with tert-alkyl or cyclic N) is 1. The Labute approximate surface area is 163 Å². The van der Waals surface area contributed by atoms with E-state index < -0.39 is 6.10 Å². The standard InChI is InChI=1S/C23H32N2O2/c1-18(2)22-10-9-19(3)15-23(22)27-17-21(26)16-24-11-13-25(14-12-24)20-7-5-4-6-8-20/h4-10,15,18,21,26H,11-14,16-17H2,1-3H3. The van der Waals surface area contributed by atoms with Crippen LogP contribution in [-0.4, -0.2) is 55.4 Å². The molecule has 1 heterocycles. The van der Waals surface area contributed by atoms with Gasteiger partial charge in [-0.2, -0.15) is 0 Å². The molecule has 0 aliphatic carbocycles. The molecule has 3 rings (SSSR count). The molecular formula is C23H32N2O2. The van der Waals surface area contributed by atoms with Crippen molar-refractivity contribution in [3.05, 3.63) is 59.7 Å². The van der Waals surface area contributed by atoms with Gasteiger partial charge in [0.1, 0.15) is 18.5 Å². The largest absolute Gasteiger partial charge is 0.491 e. The third-order valence-corrected chi connectivity index (χ3v) is 5.18. The van der Waals surface area contributed by atoms with Crippen LogP contribution in [0.1, 0.15) is 30.9 Å². The third-order valence-electron chi connectivity index (χ3n) is 5.18. The first-order valence-corrected chi connectivity index (χ1v) is 9.96. The second-order valence-corrected chi connectivity index (χ2v) is 7.78. The van der Waals surface area contributed by atoms with E-state index in [1.807, 2.05) is 0 Å². The van der Waals surface area contributed by atoms with Crippen LogP contribution >= 0.6 is 0 Å². The van der Waals surface area contributed by atoms with E-state index in [1.54, 1.807) is 0 Å². The van der Waals surface area contributed by atoms with E-state index in [2.05, 4.69) is 79.1 Å². The summed E-state index contributed by atoms with van der Waals surface area (Å²) in [5.74, 6) is 1.31. The summed E-state index contributed by atoms with van der Waals surface area (Å²) in [4.78, 5) is 4.73. The summed E-state index contributed by atoms with van der Waals surface area (Å²) in [6.07, 6.45) is -0.478. The van der Waals surface area contributed by atoms with Gasteiger partial charge in [0.05, 0.1) is 0 Å². The number of anilines is 1. The van der Waals surface area contributed by atoms with Crippen molar-refractivity contribution in [2.45, 2.75) is 32.8 Å². The van der Waals surface area contributed by atoms with Crippen molar-refractivity contribution >= 4 is 5.69 Å². The quantitative estimate of drug-likeness (QED) is 0.809. The Morgan fingerprint density at radius 3 is 2.37 bits per heavy atom. The van der Waals surface area contributed by atoms with E-state index in [0.29, 0.717) is 19.1 Å². The lowest BCUT2D eigenvalue weighted by Gasteiger charge is -2.36. The van der Waals surface area contributed by atoms with Crippen molar-refractivity contribution in [2.75, 3.05) is 44.2 Å². The Hall–Kier alpha value is -2.04. The lowest BCUT2D eigenvalue weighted by molar-refractivity contribution is 0.0659. The van der Waals surface area contributed by atoms with Crippen LogP contribution in [0.4, 0.5) is 5.69 Å². The minimum atomic E-state index is -0.478. The highest BCUT2D eigenvalue weighted by Crippen LogP contribution is 2.27. The number of benzene rings is 2. The second kappa shape index (κ2) is 9.25. The average molecular weight is 369 g/mol. The smallest absolute Gasteiger partial charge is 0.123 e. The van der Waals surface area contributed by atoms with Crippen LogP contribution in [0.25, 0.3) is 0 Å². The summed E-state index contributed by atoms with van der Waals surface area (Å²) >= 11 is 0. The highest BCUT2D eigenvalue weighted by molar-refractivity contribution is 5.46. The molecule has 2 aromatic carbocycles. The minimum absolute atomic E-state index is 0.335. The number of aliphatic hydroxyl groups excluding tert-OH is 1. The first kappa shape index (κ1) is 19.7. The number of aryl methyl sites for hydroxylation is 1. The van der Waals surface area contributed by atoms with E-state index in [4.69, 9.17) is 4.74 Å². The Balaban J connectivity index is 1.47. The summed E-state index contributed by atoms with van der Waals surface area (Å²) in [5, 5.41) is 10.5. The van der Waals surface area contributed by atoms with E-state index in [1.165, 1.54) is 16.8 Å². The number of ether oxygens (including phenoxy) is 1. The fourth-order valence-corrected chi connectivity index (χ4v) is 3.61. The van der Waals surface area contributed by atoms with Crippen LogP contribution in [0.15, 0.2) is 48.5 Å².